The van der Waals surface area contributed by atoms with Gasteiger partial charge in [-0.2, -0.15) is 0 Å². The molecule has 26 heavy (non-hydrogen) atoms. The van der Waals surface area contributed by atoms with E-state index in [1.54, 1.807) is 12.3 Å². The molecule has 4 heterocycles. The highest BCUT2D eigenvalue weighted by Crippen LogP contribution is 2.48. The fourth-order valence-corrected chi connectivity index (χ4v) is 3.70. The predicted octanol–water partition coefficient (Wildman–Crippen LogP) is 2.95. The maximum atomic E-state index is 12.5. The lowest BCUT2D eigenvalue weighted by Gasteiger charge is -2.13. The molecule has 0 radical (unpaired) electrons. The molecule has 1 atom stereocenters. The Morgan fingerprint density at radius 3 is 2.50 bits per heavy atom. The molecule has 0 spiro atoms. The third-order valence-electron chi connectivity index (χ3n) is 4.84. The number of fused-ring (bicyclic) bond motifs is 6. The van der Waals surface area contributed by atoms with Gasteiger partial charge in [0, 0.05) is 22.5 Å². The fourth-order valence-electron chi connectivity index (χ4n) is 3.70. The van der Waals surface area contributed by atoms with Crippen LogP contribution in [0, 0.1) is 0 Å². The van der Waals surface area contributed by atoms with Gasteiger partial charge >= 0.3 is 5.97 Å². The molecule has 0 aliphatic carbocycles. The lowest BCUT2D eigenvalue weighted by atomic mass is 9.98. The van der Waals surface area contributed by atoms with Crippen LogP contribution < -0.4 is 18.9 Å². The molecule has 0 bridgehead atoms. The van der Waals surface area contributed by atoms with Gasteiger partial charge in [-0.1, -0.05) is 6.07 Å². The summed E-state index contributed by atoms with van der Waals surface area (Å²) in [6, 6.07) is 9.22. The van der Waals surface area contributed by atoms with Gasteiger partial charge in [-0.05, 0) is 24.3 Å². The van der Waals surface area contributed by atoms with E-state index in [0.717, 1.165) is 16.3 Å². The number of benzene rings is 2. The van der Waals surface area contributed by atoms with Crippen molar-refractivity contribution in [1.29, 1.82) is 0 Å². The Hall–Kier alpha value is -3.48. The minimum absolute atomic E-state index is 0.0970. The van der Waals surface area contributed by atoms with Crippen LogP contribution in [0.2, 0.25) is 0 Å². The van der Waals surface area contributed by atoms with Gasteiger partial charge in [-0.15, -0.1) is 0 Å². The summed E-state index contributed by atoms with van der Waals surface area (Å²) in [6.45, 7) is 0.288. The van der Waals surface area contributed by atoms with Gasteiger partial charge in [-0.25, -0.2) is 4.79 Å². The van der Waals surface area contributed by atoms with Gasteiger partial charge in [-0.3, -0.25) is 4.98 Å². The van der Waals surface area contributed by atoms with E-state index < -0.39 is 12.1 Å². The van der Waals surface area contributed by atoms with Gasteiger partial charge in [0.2, 0.25) is 13.6 Å². The highest BCUT2D eigenvalue weighted by molar-refractivity contribution is 6.00. The number of esters is 1. The molecule has 1 aromatic heterocycles. The summed E-state index contributed by atoms with van der Waals surface area (Å²) in [4.78, 5) is 17.0. The van der Waals surface area contributed by atoms with Crippen molar-refractivity contribution in [3.63, 3.8) is 0 Å². The van der Waals surface area contributed by atoms with Crippen LogP contribution >= 0.6 is 0 Å². The molecule has 7 nitrogen and oxygen atoms in total. The van der Waals surface area contributed by atoms with Crippen LogP contribution in [0.1, 0.15) is 27.7 Å². The van der Waals surface area contributed by atoms with Gasteiger partial charge < -0.3 is 23.7 Å². The van der Waals surface area contributed by atoms with Crippen LogP contribution in [-0.4, -0.2) is 24.5 Å². The maximum absolute atomic E-state index is 12.5. The Kier molecular flexibility index (Phi) is 2.53. The molecule has 0 N–H and O–H groups in total. The van der Waals surface area contributed by atoms with E-state index in [0.29, 0.717) is 34.3 Å². The average molecular weight is 349 g/mol. The topological polar surface area (TPSA) is 76.1 Å². The Morgan fingerprint density at radius 2 is 1.62 bits per heavy atom. The van der Waals surface area contributed by atoms with Crippen LogP contribution in [0.5, 0.6) is 23.0 Å². The van der Waals surface area contributed by atoms with Gasteiger partial charge in [0.25, 0.3) is 0 Å². The first-order valence-electron chi connectivity index (χ1n) is 8.12. The number of carbonyl (C=O) groups excluding carboxylic acids is 1. The Morgan fingerprint density at radius 1 is 0.846 bits per heavy atom. The lowest BCUT2D eigenvalue weighted by molar-refractivity contribution is 0.0449. The molecule has 3 aliphatic heterocycles. The number of nitrogens with zero attached hydrogens (tertiary/aromatic N) is 1. The van der Waals surface area contributed by atoms with E-state index in [4.69, 9.17) is 23.7 Å². The number of carbonyl (C=O) groups is 1. The van der Waals surface area contributed by atoms with Crippen molar-refractivity contribution in [2.24, 2.45) is 0 Å². The first-order chi connectivity index (χ1) is 12.8. The van der Waals surface area contributed by atoms with Crippen molar-refractivity contribution in [1.82, 2.24) is 4.98 Å². The number of hydrogen-bond donors (Lipinski definition) is 0. The maximum Gasteiger partial charge on any atom is 0.343 e. The zero-order valence-corrected chi connectivity index (χ0v) is 13.4. The number of pyridine rings is 1. The molecule has 0 amide bonds. The zero-order valence-electron chi connectivity index (χ0n) is 13.4. The fraction of sp³-hybridized carbons (Fsp3) is 0.158. The van der Waals surface area contributed by atoms with E-state index in [1.807, 2.05) is 24.3 Å². The van der Waals surface area contributed by atoms with Crippen LogP contribution in [0.15, 0.2) is 36.5 Å². The van der Waals surface area contributed by atoms with E-state index in [1.165, 1.54) is 0 Å². The SMILES string of the molecule is O=C1OC(c2nccc3c4c(ccc23)OCO4)c2ccc3c(c21)OCO3. The number of aromatic nitrogens is 1. The van der Waals surface area contributed by atoms with Crippen LogP contribution in [0.3, 0.4) is 0 Å². The number of rotatable bonds is 1. The lowest BCUT2D eigenvalue weighted by Crippen LogP contribution is -2.04. The summed E-state index contributed by atoms with van der Waals surface area (Å²) < 4.78 is 27.5. The summed E-state index contributed by atoms with van der Waals surface area (Å²) in [6.07, 6.45) is 1.06. The standard InChI is InChI=1S/C19H11NO6/c21-19-14-11(2-4-13-18(14)25-8-23-13)17(26-19)15-9-1-3-12-16(24-7-22-12)10(9)5-6-20-15/h1-6,17H,7-8H2. The summed E-state index contributed by atoms with van der Waals surface area (Å²) in [5.41, 5.74) is 1.77. The molecule has 0 fully saturated rings. The zero-order chi connectivity index (χ0) is 17.3. The summed E-state index contributed by atoms with van der Waals surface area (Å²) in [7, 11) is 0. The minimum Gasteiger partial charge on any atom is -0.454 e. The van der Waals surface area contributed by atoms with Crippen LogP contribution in [0.25, 0.3) is 10.8 Å². The minimum atomic E-state index is -0.615. The Balaban J connectivity index is 1.57. The van der Waals surface area contributed by atoms with E-state index in [2.05, 4.69) is 4.98 Å². The second-order valence-corrected chi connectivity index (χ2v) is 6.14. The van der Waals surface area contributed by atoms with Crippen molar-refractivity contribution >= 4 is 16.7 Å². The largest absolute Gasteiger partial charge is 0.454 e. The smallest absolute Gasteiger partial charge is 0.343 e. The molecule has 0 saturated carbocycles. The molecule has 3 aliphatic rings. The molecular formula is C19H11NO6. The quantitative estimate of drug-likeness (QED) is 0.625. The first-order valence-corrected chi connectivity index (χ1v) is 8.12. The van der Waals surface area contributed by atoms with Crippen LogP contribution in [0.4, 0.5) is 0 Å². The Bertz CT molecular complexity index is 1110. The molecular weight excluding hydrogens is 338 g/mol. The number of ether oxygens (including phenoxy) is 5. The van der Waals surface area contributed by atoms with E-state index >= 15 is 0 Å². The third kappa shape index (κ3) is 1.67. The van der Waals surface area contributed by atoms with E-state index in [9.17, 15) is 4.79 Å². The molecule has 128 valence electrons. The average Bonchev–Trinajstić information content (AvgIpc) is 3.38. The van der Waals surface area contributed by atoms with Crippen molar-refractivity contribution in [2.45, 2.75) is 6.10 Å². The highest BCUT2D eigenvalue weighted by atomic mass is 16.7. The second kappa shape index (κ2) is 4.78. The molecule has 2 aromatic carbocycles. The Labute approximate surface area is 147 Å². The highest BCUT2D eigenvalue weighted by Gasteiger charge is 2.39. The van der Waals surface area contributed by atoms with Crippen molar-refractivity contribution in [3.05, 3.63) is 53.3 Å². The van der Waals surface area contributed by atoms with Gasteiger partial charge in [0.1, 0.15) is 5.56 Å². The van der Waals surface area contributed by atoms with Crippen molar-refractivity contribution in [2.75, 3.05) is 13.6 Å². The molecule has 3 aromatic rings. The molecule has 1 unspecified atom stereocenters. The van der Waals surface area contributed by atoms with E-state index in [-0.39, 0.29) is 13.6 Å². The molecule has 0 saturated heterocycles. The van der Waals surface area contributed by atoms with Crippen molar-refractivity contribution < 1.29 is 28.5 Å². The normalized spacial score (nSPS) is 18.9. The molecule has 7 heteroatoms. The second-order valence-electron chi connectivity index (χ2n) is 6.14. The summed E-state index contributed by atoms with van der Waals surface area (Å²) in [5.74, 6) is 1.93. The molecule has 6 rings (SSSR count). The summed E-state index contributed by atoms with van der Waals surface area (Å²) >= 11 is 0. The number of cyclic esters (lactones) is 1. The predicted molar refractivity (Wildman–Crippen MR) is 87.7 cm³/mol. The van der Waals surface area contributed by atoms with Gasteiger partial charge in [0.15, 0.2) is 29.1 Å². The van der Waals surface area contributed by atoms with Crippen LogP contribution in [-0.2, 0) is 4.74 Å². The number of hydrogen-bond acceptors (Lipinski definition) is 7. The summed E-state index contributed by atoms with van der Waals surface area (Å²) in [5, 5.41) is 1.72. The van der Waals surface area contributed by atoms with Crippen molar-refractivity contribution in [3.8, 4) is 23.0 Å². The van der Waals surface area contributed by atoms with Gasteiger partial charge in [0.05, 0.1) is 5.69 Å². The monoisotopic (exact) mass is 349 g/mol. The third-order valence-corrected chi connectivity index (χ3v) is 4.84. The first kappa shape index (κ1) is 13.8.